The number of primary amides is 1. The van der Waals surface area contributed by atoms with E-state index in [0.29, 0.717) is 40.6 Å². The van der Waals surface area contributed by atoms with E-state index in [2.05, 4.69) is 4.98 Å². The summed E-state index contributed by atoms with van der Waals surface area (Å²) in [6.07, 6.45) is 5.60. The maximum absolute atomic E-state index is 12.2. The van der Waals surface area contributed by atoms with Gasteiger partial charge >= 0.3 is 0 Å². The Kier molecular flexibility index (Phi) is 6.05. The van der Waals surface area contributed by atoms with Crippen LogP contribution in [0.1, 0.15) is 28.1 Å². The molecular formula is C25H20ClN3O3. The Morgan fingerprint density at radius 3 is 2.50 bits per heavy atom. The number of halogens is 1. The Hall–Kier alpha value is -3.90. The molecule has 0 aliphatic carbocycles. The van der Waals surface area contributed by atoms with Crippen LogP contribution in [-0.2, 0) is 11.2 Å². The van der Waals surface area contributed by atoms with Gasteiger partial charge in [0, 0.05) is 30.0 Å². The van der Waals surface area contributed by atoms with Gasteiger partial charge in [-0.1, -0.05) is 23.7 Å². The Balaban J connectivity index is 1.47. The first kappa shape index (κ1) is 21.3. The fourth-order valence-electron chi connectivity index (χ4n) is 3.31. The van der Waals surface area contributed by atoms with Crippen molar-refractivity contribution in [1.82, 2.24) is 4.98 Å². The predicted molar refractivity (Wildman–Crippen MR) is 126 cm³/mol. The molecule has 2 aromatic carbocycles. The molecular weight excluding hydrogens is 426 g/mol. The number of fused-ring (bicyclic) bond motifs is 1. The van der Waals surface area contributed by atoms with Gasteiger partial charge in [0.2, 0.25) is 5.91 Å². The fraction of sp³-hybridized carbons (Fsp3) is 0.0800. The Morgan fingerprint density at radius 2 is 1.81 bits per heavy atom. The molecule has 4 rings (SSSR count). The highest BCUT2D eigenvalue weighted by Crippen LogP contribution is 2.33. The van der Waals surface area contributed by atoms with Crippen molar-refractivity contribution >= 4 is 46.2 Å². The quantitative estimate of drug-likeness (QED) is 0.387. The van der Waals surface area contributed by atoms with Crippen LogP contribution in [0.25, 0.3) is 28.2 Å². The van der Waals surface area contributed by atoms with Crippen molar-refractivity contribution in [2.45, 2.75) is 12.8 Å². The molecule has 160 valence electrons. The first-order valence-corrected chi connectivity index (χ1v) is 10.3. The van der Waals surface area contributed by atoms with Crippen LogP contribution in [0.15, 0.2) is 71.3 Å². The Morgan fingerprint density at radius 1 is 1.03 bits per heavy atom. The molecule has 0 saturated carbocycles. The van der Waals surface area contributed by atoms with Crippen molar-refractivity contribution in [3.05, 3.63) is 88.8 Å². The lowest BCUT2D eigenvalue weighted by Gasteiger charge is -2.04. The number of furan rings is 1. The third-order valence-electron chi connectivity index (χ3n) is 5.01. The molecule has 1 amide bonds. The zero-order chi connectivity index (χ0) is 22.7. The summed E-state index contributed by atoms with van der Waals surface area (Å²) in [6.45, 7) is 0. The molecule has 6 nitrogen and oxygen atoms in total. The van der Waals surface area contributed by atoms with E-state index in [-0.39, 0.29) is 5.78 Å². The van der Waals surface area contributed by atoms with Gasteiger partial charge in [-0.05, 0) is 71.3 Å². The van der Waals surface area contributed by atoms with Gasteiger partial charge in [-0.25, -0.2) is 4.98 Å². The second-order valence-corrected chi connectivity index (χ2v) is 7.75. The zero-order valence-corrected chi connectivity index (χ0v) is 17.8. The van der Waals surface area contributed by atoms with Gasteiger partial charge in [-0.3, -0.25) is 9.59 Å². The molecule has 0 unspecified atom stereocenters. The molecule has 2 heterocycles. The van der Waals surface area contributed by atoms with Gasteiger partial charge in [-0.15, -0.1) is 0 Å². The van der Waals surface area contributed by atoms with E-state index in [9.17, 15) is 9.59 Å². The van der Waals surface area contributed by atoms with Crippen LogP contribution in [0.4, 0.5) is 5.82 Å². The van der Waals surface area contributed by atoms with Crippen LogP contribution >= 0.6 is 11.6 Å². The highest BCUT2D eigenvalue weighted by atomic mass is 35.5. The number of nitrogens with zero attached hydrogens (tertiary/aromatic N) is 1. The smallest absolute Gasteiger partial charge is 0.248 e. The van der Waals surface area contributed by atoms with E-state index in [1.54, 1.807) is 36.5 Å². The summed E-state index contributed by atoms with van der Waals surface area (Å²) < 4.78 is 5.87. The highest BCUT2D eigenvalue weighted by Gasteiger charge is 2.12. The lowest BCUT2D eigenvalue weighted by molar-refractivity contribution is -0.114. The minimum atomic E-state index is -0.473. The molecule has 0 aliphatic heterocycles. The Labute approximate surface area is 189 Å². The topological polar surface area (TPSA) is 112 Å². The summed E-state index contributed by atoms with van der Waals surface area (Å²) in [5.41, 5.74) is 14.5. The summed E-state index contributed by atoms with van der Waals surface area (Å²) >= 11 is 6.44. The largest absolute Gasteiger partial charge is 0.459 e. The molecule has 0 fully saturated rings. The molecule has 7 heteroatoms. The molecule has 2 aromatic heterocycles. The van der Waals surface area contributed by atoms with E-state index < -0.39 is 5.91 Å². The van der Waals surface area contributed by atoms with Crippen molar-refractivity contribution in [1.29, 1.82) is 0 Å². The van der Waals surface area contributed by atoms with E-state index in [1.807, 2.05) is 30.3 Å². The van der Waals surface area contributed by atoms with Gasteiger partial charge in [0.15, 0.2) is 11.4 Å². The molecule has 0 saturated heterocycles. The number of allylic oxidation sites excluding steroid dienone is 1. The molecule has 0 bridgehead atoms. The minimum absolute atomic E-state index is 0.0244. The van der Waals surface area contributed by atoms with E-state index in [1.165, 1.54) is 6.08 Å². The van der Waals surface area contributed by atoms with Gasteiger partial charge < -0.3 is 15.9 Å². The zero-order valence-electron chi connectivity index (χ0n) is 17.0. The van der Waals surface area contributed by atoms with Crippen molar-refractivity contribution in [3.8, 4) is 11.1 Å². The predicted octanol–water partition coefficient (Wildman–Crippen LogP) is 5.04. The van der Waals surface area contributed by atoms with Gasteiger partial charge in [0.25, 0.3) is 0 Å². The first-order chi connectivity index (χ1) is 15.4. The maximum atomic E-state index is 12.2. The molecule has 32 heavy (non-hydrogen) atoms. The van der Waals surface area contributed by atoms with Gasteiger partial charge in [-0.2, -0.15) is 0 Å². The summed E-state index contributed by atoms with van der Waals surface area (Å²) in [7, 11) is 0. The molecule has 0 aliphatic rings. The minimum Gasteiger partial charge on any atom is -0.459 e. The molecule has 0 spiro atoms. The summed E-state index contributed by atoms with van der Waals surface area (Å²) in [4.78, 5) is 27.5. The van der Waals surface area contributed by atoms with Crippen LogP contribution in [0, 0.1) is 0 Å². The number of nitrogens with two attached hydrogens (primary N) is 2. The van der Waals surface area contributed by atoms with Crippen LogP contribution in [-0.4, -0.2) is 16.7 Å². The van der Waals surface area contributed by atoms with Crippen molar-refractivity contribution < 1.29 is 14.0 Å². The monoisotopic (exact) mass is 445 g/mol. The number of hydrogen-bond donors (Lipinski definition) is 2. The summed E-state index contributed by atoms with van der Waals surface area (Å²) in [5, 5.41) is 1.32. The van der Waals surface area contributed by atoms with Crippen molar-refractivity contribution in [2.24, 2.45) is 5.73 Å². The lowest BCUT2D eigenvalue weighted by atomic mass is 10.0. The number of carbonyl (C=O) groups excluding carboxylic acids is 2. The highest BCUT2D eigenvalue weighted by molar-refractivity contribution is 6.35. The Bertz CT molecular complexity index is 1320. The SMILES string of the molecule is NC(=O)c1ccc(-c2cc(Cl)c3oc(CCC(=O)/C=C/c4ccc(N)nc4)cc3c2)cc1. The average Bonchev–Trinajstić information content (AvgIpc) is 3.21. The lowest BCUT2D eigenvalue weighted by Crippen LogP contribution is -2.10. The number of anilines is 1. The van der Waals surface area contributed by atoms with Crippen LogP contribution in [0.2, 0.25) is 5.02 Å². The number of rotatable bonds is 7. The van der Waals surface area contributed by atoms with E-state index in [4.69, 9.17) is 27.5 Å². The fourth-order valence-corrected chi connectivity index (χ4v) is 3.58. The van der Waals surface area contributed by atoms with E-state index in [0.717, 1.165) is 22.1 Å². The number of benzene rings is 2. The molecule has 4 N–H and O–H groups in total. The molecule has 0 atom stereocenters. The van der Waals surface area contributed by atoms with Crippen LogP contribution < -0.4 is 11.5 Å². The number of amides is 1. The maximum Gasteiger partial charge on any atom is 0.248 e. The van der Waals surface area contributed by atoms with Crippen LogP contribution in [0.3, 0.4) is 0 Å². The number of carbonyl (C=O) groups is 2. The second-order valence-electron chi connectivity index (χ2n) is 7.35. The van der Waals surface area contributed by atoms with Crippen molar-refractivity contribution in [3.63, 3.8) is 0 Å². The third kappa shape index (κ3) is 4.87. The normalized spacial score (nSPS) is 11.3. The number of ketones is 1. The number of nitrogen functional groups attached to an aromatic ring is 1. The number of aryl methyl sites for hydroxylation is 1. The first-order valence-electron chi connectivity index (χ1n) is 9.94. The van der Waals surface area contributed by atoms with Gasteiger partial charge in [0.1, 0.15) is 11.6 Å². The van der Waals surface area contributed by atoms with Crippen LogP contribution in [0.5, 0.6) is 0 Å². The standard InChI is InChI=1S/C25H20ClN3O3/c26-22-13-18(16-3-5-17(6-4-16)25(28)31)11-19-12-21(32-24(19)22)9-8-20(30)7-1-15-2-10-23(27)29-14-15/h1-7,10-14H,8-9H2,(H2,27,29)(H2,28,31)/b7-1+. The molecule has 0 radical (unpaired) electrons. The van der Waals surface area contributed by atoms with Crippen molar-refractivity contribution in [2.75, 3.05) is 5.73 Å². The van der Waals surface area contributed by atoms with E-state index >= 15 is 0 Å². The third-order valence-corrected chi connectivity index (χ3v) is 5.29. The number of hydrogen-bond acceptors (Lipinski definition) is 5. The van der Waals surface area contributed by atoms with Gasteiger partial charge in [0.05, 0.1) is 5.02 Å². The second kappa shape index (κ2) is 9.08. The summed E-state index contributed by atoms with van der Waals surface area (Å²) in [5.74, 6) is 0.615. The number of pyridine rings is 1. The summed E-state index contributed by atoms with van der Waals surface area (Å²) in [6, 6.07) is 16.1. The average molecular weight is 446 g/mol. The number of aromatic nitrogens is 1. The molecule has 4 aromatic rings.